The van der Waals surface area contributed by atoms with E-state index in [9.17, 15) is 15.0 Å². The number of ether oxygens (including phenoxy) is 1. The number of phenols is 2. The van der Waals surface area contributed by atoms with E-state index in [2.05, 4.69) is 13.8 Å². The van der Waals surface area contributed by atoms with Gasteiger partial charge in [-0.3, -0.25) is 0 Å². The van der Waals surface area contributed by atoms with Crippen molar-refractivity contribution in [3.05, 3.63) is 29.8 Å². The van der Waals surface area contributed by atoms with Gasteiger partial charge in [-0.25, -0.2) is 4.79 Å². The van der Waals surface area contributed by atoms with Crippen molar-refractivity contribution in [1.82, 2.24) is 0 Å². The Labute approximate surface area is 189 Å². The van der Waals surface area contributed by atoms with E-state index in [0.29, 0.717) is 12.2 Å². The first-order valence-electron chi connectivity index (χ1n) is 12.4. The molecule has 0 fully saturated rings. The third kappa shape index (κ3) is 14.6. The van der Waals surface area contributed by atoms with Gasteiger partial charge in [-0.15, -0.1) is 0 Å². The third-order valence-corrected chi connectivity index (χ3v) is 5.80. The molecule has 0 aliphatic heterocycles. The lowest BCUT2D eigenvalue weighted by Crippen LogP contribution is -2.02. The number of carbonyl (C=O) groups is 1. The predicted octanol–water partition coefficient (Wildman–Crippen LogP) is 7.77. The highest BCUT2D eigenvalue weighted by Crippen LogP contribution is 2.25. The molecule has 0 amide bonds. The Kier molecular flexibility index (Phi) is 15.4. The topological polar surface area (TPSA) is 66.8 Å². The van der Waals surface area contributed by atoms with Crippen molar-refractivity contribution in [3.63, 3.8) is 0 Å². The molecule has 1 unspecified atom stereocenters. The summed E-state index contributed by atoms with van der Waals surface area (Å²) in [4.78, 5) is 11.7. The molecular formula is C27H44O4. The maximum Gasteiger partial charge on any atom is 0.330 e. The molecule has 31 heavy (non-hydrogen) atoms. The smallest absolute Gasteiger partial charge is 0.330 e. The van der Waals surface area contributed by atoms with Crippen molar-refractivity contribution in [2.24, 2.45) is 5.92 Å². The van der Waals surface area contributed by atoms with Crippen molar-refractivity contribution in [1.29, 1.82) is 0 Å². The molecule has 0 spiro atoms. The van der Waals surface area contributed by atoms with E-state index in [0.717, 1.165) is 18.8 Å². The van der Waals surface area contributed by atoms with E-state index < -0.39 is 0 Å². The van der Waals surface area contributed by atoms with E-state index in [-0.39, 0.29) is 17.5 Å². The van der Waals surface area contributed by atoms with E-state index in [1.165, 1.54) is 95.3 Å². The summed E-state index contributed by atoms with van der Waals surface area (Å²) >= 11 is 0. The largest absolute Gasteiger partial charge is 0.504 e. The molecule has 0 radical (unpaired) electrons. The van der Waals surface area contributed by atoms with Gasteiger partial charge >= 0.3 is 5.97 Å². The molecule has 1 atom stereocenters. The second kappa shape index (κ2) is 17.7. The van der Waals surface area contributed by atoms with Crippen molar-refractivity contribution in [3.8, 4) is 11.5 Å². The number of rotatable bonds is 18. The maximum absolute atomic E-state index is 11.7. The van der Waals surface area contributed by atoms with Crippen LogP contribution in [-0.2, 0) is 9.53 Å². The van der Waals surface area contributed by atoms with Crippen LogP contribution in [0.4, 0.5) is 0 Å². The molecule has 1 aromatic rings. The van der Waals surface area contributed by atoms with Gasteiger partial charge in [-0.1, -0.05) is 103 Å². The standard InChI is InChI=1S/C27H44O4/c1-3-4-5-6-7-8-9-10-12-15-23(2)16-13-11-14-21-31-27(30)20-18-24-17-19-25(28)26(29)22-24/h17-20,22-23,28-29H,3-16,21H2,1-2H3. The van der Waals surface area contributed by atoms with E-state index in [1.807, 2.05) is 0 Å². The normalized spacial score (nSPS) is 12.3. The summed E-state index contributed by atoms with van der Waals surface area (Å²) in [5.74, 6) is 0.0211. The number of hydrogen-bond acceptors (Lipinski definition) is 4. The molecule has 0 aliphatic rings. The number of phenolic OH excluding ortho intramolecular Hbond substituents is 2. The van der Waals surface area contributed by atoms with Crippen molar-refractivity contribution in [2.45, 2.75) is 104 Å². The van der Waals surface area contributed by atoms with Crippen LogP contribution in [0.3, 0.4) is 0 Å². The van der Waals surface area contributed by atoms with Gasteiger partial charge in [0, 0.05) is 6.08 Å². The van der Waals surface area contributed by atoms with Crippen LogP contribution >= 0.6 is 0 Å². The summed E-state index contributed by atoms with van der Waals surface area (Å²) in [5.41, 5.74) is 0.633. The molecule has 1 rings (SSSR count). The molecule has 1 aromatic carbocycles. The van der Waals surface area contributed by atoms with Crippen LogP contribution in [0.25, 0.3) is 6.08 Å². The lowest BCUT2D eigenvalue weighted by Gasteiger charge is -2.11. The average Bonchev–Trinajstić information content (AvgIpc) is 2.75. The van der Waals surface area contributed by atoms with Crippen molar-refractivity contribution in [2.75, 3.05) is 6.61 Å². The van der Waals surface area contributed by atoms with Crippen LogP contribution in [0, 0.1) is 5.92 Å². The van der Waals surface area contributed by atoms with Crippen LogP contribution in [0.2, 0.25) is 0 Å². The number of esters is 1. The first-order valence-corrected chi connectivity index (χ1v) is 12.4. The Hall–Kier alpha value is -1.97. The molecule has 0 saturated heterocycles. The maximum atomic E-state index is 11.7. The second-order valence-corrected chi connectivity index (χ2v) is 8.82. The lowest BCUT2D eigenvalue weighted by molar-refractivity contribution is -0.137. The third-order valence-electron chi connectivity index (χ3n) is 5.80. The Balaban J connectivity index is 1.95. The monoisotopic (exact) mass is 432 g/mol. The van der Waals surface area contributed by atoms with Gasteiger partial charge in [-0.2, -0.15) is 0 Å². The van der Waals surface area contributed by atoms with Gasteiger partial charge in [0.2, 0.25) is 0 Å². The zero-order chi connectivity index (χ0) is 22.7. The molecule has 0 aromatic heterocycles. The first-order chi connectivity index (χ1) is 15.0. The van der Waals surface area contributed by atoms with Gasteiger partial charge in [-0.05, 0) is 36.1 Å². The fraction of sp³-hybridized carbons (Fsp3) is 0.667. The summed E-state index contributed by atoms with van der Waals surface area (Å²) in [6, 6.07) is 4.40. The number of carbonyl (C=O) groups excluding carboxylic acids is 1. The quantitative estimate of drug-likeness (QED) is 0.108. The van der Waals surface area contributed by atoms with Gasteiger partial charge in [0.05, 0.1) is 6.61 Å². The van der Waals surface area contributed by atoms with E-state index in [1.54, 1.807) is 12.1 Å². The van der Waals surface area contributed by atoms with Crippen LogP contribution in [-0.4, -0.2) is 22.8 Å². The molecule has 4 heteroatoms. The second-order valence-electron chi connectivity index (χ2n) is 8.82. The van der Waals surface area contributed by atoms with E-state index >= 15 is 0 Å². The number of unbranched alkanes of at least 4 members (excludes halogenated alkanes) is 10. The molecule has 0 saturated carbocycles. The Morgan fingerprint density at radius 1 is 0.871 bits per heavy atom. The highest BCUT2D eigenvalue weighted by Gasteiger charge is 2.03. The minimum absolute atomic E-state index is 0.179. The zero-order valence-electron chi connectivity index (χ0n) is 19.8. The highest BCUT2D eigenvalue weighted by molar-refractivity contribution is 5.87. The van der Waals surface area contributed by atoms with Crippen LogP contribution in [0.5, 0.6) is 11.5 Å². The molecule has 0 aliphatic carbocycles. The molecule has 4 nitrogen and oxygen atoms in total. The fourth-order valence-electron chi connectivity index (χ4n) is 3.75. The summed E-state index contributed by atoms with van der Waals surface area (Å²) in [7, 11) is 0. The Morgan fingerprint density at radius 3 is 2.06 bits per heavy atom. The van der Waals surface area contributed by atoms with Crippen LogP contribution in [0.1, 0.15) is 109 Å². The van der Waals surface area contributed by atoms with Crippen LogP contribution < -0.4 is 0 Å². The number of aromatic hydroxyl groups is 2. The molecule has 176 valence electrons. The predicted molar refractivity (Wildman–Crippen MR) is 129 cm³/mol. The number of hydrogen-bond donors (Lipinski definition) is 2. The Morgan fingerprint density at radius 2 is 1.45 bits per heavy atom. The van der Waals surface area contributed by atoms with Gasteiger partial charge in [0.25, 0.3) is 0 Å². The Bertz CT molecular complexity index is 624. The summed E-state index contributed by atoms with van der Waals surface area (Å²) in [6.45, 7) is 5.07. The average molecular weight is 433 g/mol. The minimum Gasteiger partial charge on any atom is -0.504 e. The zero-order valence-corrected chi connectivity index (χ0v) is 19.8. The van der Waals surface area contributed by atoms with Crippen molar-refractivity contribution >= 4 is 12.0 Å². The van der Waals surface area contributed by atoms with E-state index in [4.69, 9.17) is 4.74 Å². The minimum atomic E-state index is -0.383. The lowest BCUT2D eigenvalue weighted by atomic mass is 9.96. The molecule has 0 heterocycles. The molecule has 2 N–H and O–H groups in total. The summed E-state index contributed by atoms with van der Waals surface area (Å²) < 4.78 is 5.22. The first kappa shape index (κ1) is 27.1. The number of benzene rings is 1. The SMILES string of the molecule is CCCCCCCCCCCC(C)CCCCCOC(=O)C=Cc1ccc(O)c(O)c1. The highest BCUT2D eigenvalue weighted by atomic mass is 16.5. The van der Waals surface area contributed by atoms with Gasteiger partial charge < -0.3 is 14.9 Å². The van der Waals surface area contributed by atoms with Gasteiger partial charge in [0.1, 0.15) is 0 Å². The summed E-state index contributed by atoms with van der Waals surface area (Å²) in [6.07, 6.45) is 21.2. The molecular weight excluding hydrogens is 388 g/mol. The van der Waals surface area contributed by atoms with Crippen LogP contribution in [0.15, 0.2) is 24.3 Å². The fourth-order valence-corrected chi connectivity index (χ4v) is 3.75. The van der Waals surface area contributed by atoms with Gasteiger partial charge in [0.15, 0.2) is 11.5 Å². The summed E-state index contributed by atoms with van der Waals surface area (Å²) in [5, 5.41) is 18.7. The molecule has 0 bridgehead atoms. The van der Waals surface area contributed by atoms with Crippen molar-refractivity contribution < 1.29 is 19.7 Å².